The predicted octanol–water partition coefficient (Wildman–Crippen LogP) is 2.15. The maximum atomic E-state index is 6.16. The predicted molar refractivity (Wildman–Crippen MR) is 64.9 cm³/mol. The first-order valence-corrected chi connectivity index (χ1v) is 5.85. The Kier molecular flexibility index (Phi) is 2.61. The molecular formula is C14H15NO2. The lowest BCUT2D eigenvalue weighted by Gasteiger charge is -2.17. The van der Waals surface area contributed by atoms with E-state index in [1.54, 1.807) is 6.26 Å². The van der Waals surface area contributed by atoms with Crippen LogP contribution >= 0.6 is 0 Å². The molecule has 17 heavy (non-hydrogen) atoms. The highest BCUT2D eigenvalue weighted by atomic mass is 16.5. The molecule has 2 unspecified atom stereocenters. The number of ether oxygens (including phenoxy) is 1. The zero-order valence-corrected chi connectivity index (χ0v) is 9.50. The molecule has 1 aromatic heterocycles. The van der Waals surface area contributed by atoms with Gasteiger partial charge < -0.3 is 14.9 Å². The van der Waals surface area contributed by atoms with Crippen LogP contribution in [0.4, 0.5) is 0 Å². The second-order valence-electron chi connectivity index (χ2n) is 4.42. The van der Waals surface area contributed by atoms with Gasteiger partial charge in [0.25, 0.3) is 0 Å². The number of hydrogen-bond donors (Lipinski definition) is 1. The fourth-order valence-electron chi connectivity index (χ4n) is 2.24. The van der Waals surface area contributed by atoms with Crippen molar-refractivity contribution in [3.8, 4) is 5.75 Å². The molecule has 0 radical (unpaired) electrons. The number of fused-ring (bicyclic) bond motifs is 1. The van der Waals surface area contributed by atoms with Crippen molar-refractivity contribution in [1.82, 2.24) is 0 Å². The molecule has 88 valence electrons. The molecule has 2 heterocycles. The molecule has 3 heteroatoms. The molecule has 0 amide bonds. The Morgan fingerprint density at radius 2 is 2.12 bits per heavy atom. The summed E-state index contributed by atoms with van der Waals surface area (Å²) in [7, 11) is 0. The topological polar surface area (TPSA) is 48.4 Å². The molecule has 0 fully saturated rings. The third-order valence-corrected chi connectivity index (χ3v) is 3.17. The summed E-state index contributed by atoms with van der Waals surface area (Å²) in [6, 6.07) is 11.9. The van der Waals surface area contributed by atoms with Gasteiger partial charge in [0, 0.05) is 18.9 Å². The van der Waals surface area contributed by atoms with E-state index in [9.17, 15) is 0 Å². The van der Waals surface area contributed by atoms with E-state index in [0.717, 1.165) is 17.9 Å². The van der Waals surface area contributed by atoms with Gasteiger partial charge in [-0.15, -0.1) is 0 Å². The van der Waals surface area contributed by atoms with Crippen LogP contribution in [0.25, 0.3) is 0 Å². The van der Waals surface area contributed by atoms with Crippen molar-refractivity contribution in [3.63, 3.8) is 0 Å². The summed E-state index contributed by atoms with van der Waals surface area (Å²) in [5.74, 6) is 1.88. The molecule has 0 saturated carbocycles. The molecule has 0 saturated heterocycles. The fourth-order valence-corrected chi connectivity index (χ4v) is 2.24. The Morgan fingerprint density at radius 1 is 1.24 bits per heavy atom. The Hall–Kier alpha value is -1.74. The van der Waals surface area contributed by atoms with E-state index in [-0.39, 0.29) is 12.1 Å². The minimum Gasteiger partial charge on any atom is -0.488 e. The molecule has 2 atom stereocenters. The van der Waals surface area contributed by atoms with Crippen LogP contribution in [0.5, 0.6) is 5.75 Å². The summed E-state index contributed by atoms with van der Waals surface area (Å²) >= 11 is 0. The Balaban J connectivity index is 1.68. The van der Waals surface area contributed by atoms with E-state index in [0.29, 0.717) is 6.42 Å². The second-order valence-corrected chi connectivity index (χ2v) is 4.42. The monoisotopic (exact) mass is 229 g/mol. The third kappa shape index (κ3) is 2.06. The highest BCUT2D eigenvalue weighted by molar-refractivity contribution is 5.37. The van der Waals surface area contributed by atoms with Crippen LogP contribution in [0.15, 0.2) is 47.1 Å². The molecule has 2 N–H and O–H groups in total. The minimum atomic E-state index is -0.0338. The Bertz CT molecular complexity index is 468. The molecule has 1 aromatic carbocycles. The van der Waals surface area contributed by atoms with Crippen LogP contribution in [-0.4, -0.2) is 12.1 Å². The average molecular weight is 229 g/mol. The number of nitrogens with two attached hydrogens (primary N) is 1. The molecule has 3 nitrogen and oxygen atoms in total. The Morgan fingerprint density at radius 3 is 2.88 bits per heavy atom. The van der Waals surface area contributed by atoms with Gasteiger partial charge in [-0.25, -0.2) is 0 Å². The number of para-hydroxylation sites is 1. The van der Waals surface area contributed by atoms with Gasteiger partial charge in [0.05, 0.1) is 6.26 Å². The highest BCUT2D eigenvalue weighted by Gasteiger charge is 2.28. The summed E-state index contributed by atoms with van der Waals surface area (Å²) in [5, 5.41) is 0. The van der Waals surface area contributed by atoms with Crippen molar-refractivity contribution in [2.75, 3.05) is 0 Å². The lowest BCUT2D eigenvalue weighted by atomic mass is 10.0. The zero-order chi connectivity index (χ0) is 11.7. The second kappa shape index (κ2) is 4.26. The molecule has 0 spiro atoms. The maximum Gasteiger partial charge on any atom is 0.123 e. The van der Waals surface area contributed by atoms with Crippen LogP contribution in [-0.2, 0) is 12.8 Å². The smallest absolute Gasteiger partial charge is 0.123 e. The van der Waals surface area contributed by atoms with Gasteiger partial charge in [0.1, 0.15) is 17.6 Å². The summed E-state index contributed by atoms with van der Waals surface area (Å²) in [5.41, 5.74) is 7.41. The number of benzene rings is 1. The molecule has 1 aliphatic rings. The third-order valence-electron chi connectivity index (χ3n) is 3.17. The van der Waals surface area contributed by atoms with Gasteiger partial charge >= 0.3 is 0 Å². The molecule has 0 aliphatic carbocycles. The first kappa shape index (κ1) is 10.4. The van der Waals surface area contributed by atoms with Gasteiger partial charge in [-0.05, 0) is 23.8 Å². The number of rotatable bonds is 3. The van der Waals surface area contributed by atoms with E-state index in [2.05, 4.69) is 6.07 Å². The summed E-state index contributed by atoms with van der Waals surface area (Å²) < 4.78 is 11.2. The van der Waals surface area contributed by atoms with E-state index < -0.39 is 0 Å². The molecule has 1 aliphatic heterocycles. The minimum absolute atomic E-state index is 0.0338. The summed E-state index contributed by atoms with van der Waals surface area (Å²) in [6.07, 6.45) is 3.33. The van der Waals surface area contributed by atoms with E-state index in [1.165, 1.54) is 5.56 Å². The highest BCUT2D eigenvalue weighted by Crippen LogP contribution is 2.29. The lowest BCUT2D eigenvalue weighted by molar-refractivity contribution is 0.194. The quantitative estimate of drug-likeness (QED) is 0.877. The van der Waals surface area contributed by atoms with Gasteiger partial charge in [-0.2, -0.15) is 0 Å². The van der Waals surface area contributed by atoms with Gasteiger partial charge in [-0.3, -0.25) is 0 Å². The summed E-state index contributed by atoms with van der Waals surface area (Å²) in [4.78, 5) is 0. The van der Waals surface area contributed by atoms with E-state index >= 15 is 0 Å². The first-order chi connectivity index (χ1) is 8.33. The van der Waals surface area contributed by atoms with Crippen LogP contribution < -0.4 is 10.5 Å². The first-order valence-electron chi connectivity index (χ1n) is 5.85. The normalized spacial score (nSPS) is 19.7. The largest absolute Gasteiger partial charge is 0.488 e. The lowest BCUT2D eigenvalue weighted by Crippen LogP contribution is -2.39. The SMILES string of the molecule is NC(Cc1ccco1)C1Cc2ccccc2O1. The van der Waals surface area contributed by atoms with Crippen molar-refractivity contribution < 1.29 is 9.15 Å². The van der Waals surface area contributed by atoms with Crippen molar-refractivity contribution in [2.24, 2.45) is 5.73 Å². The standard InChI is InChI=1S/C14H15NO2/c15-12(9-11-5-3-7-16-11)14-8-10-4-1-2-6-13(10)17-14/h1-7,12,14H,8-9,15H2. The Labute approximate surface area is 100 Å². The zero-order valence-electron chi connectivity index (χ0n) is 9.50. The van der Waals surface area contributed by atoms with Crippen molar-refractivity contribution in [1.29, 1.82) is 0 Å². The maximum absolute atomic E-state index is 6.16. The van der Waals surface area contributed by atoms with Crippen LogP contribution in [0.3, 0.4) is 0 Å². The van der Waals surface area contributed by atoms with E-state index in [4.69, 9.17) is 14.9 Å². The average Bonchev–Trinajstić information content (AvgIpc) is 2.96. The van der Waals surface area contributed by atoms with Crippen LogP contribution in [0.1, 0.15) is 11.3 Å². The summed E-state index contributed by atoms with van der Waals surface area (Å²) in [6.45, 7) is 0. The van der Waals surface area contributed by atoms with Gasteiger partial charge in [0.15, 0.2) is 0 Å². The molecule has 3 rings (SSSR count). The molecule has 2 aromatic rings. The molecule has 0 bridgehead atoms. The fraction of sp³-hybridized carbons (Fsp3) is 0.286. The number of hydrogen-bond acceptors (Lipinski definition) is 3. The number of furan rings is 1. The van der Waals surface area contributed by atoms with Gasteiger partial charge in [-0.1, -0.05) is 18.2 Å². The van der Waals surface area contributed by atoms with Crippen LogP contribution in [0.2, 0.25) is 0 Å². The van der Waals surface area contributed by atoms with Gasteiger partial charge in [0.2, 0.25) is 0 Å². The van der Waals surface area contributed by atoms with Crippen molar-refractivity contribution >= 4 is 0 Å². The van der Waals surface area contributed by atoms with Crippen LogP contribution in [0, 0.1) is 0 Å². The molecular weight excluding hydrogens is 214 g/mol. The van der Waals surface area contributed by atoms with E-state index in [1.807, 2.05) is 30.3 Å². The van der Waals surface area contributed by atoms with Crippen molar-refractivity contribution in [2.45, 2.75) is 25.0 Å². The van der Waals surface area contributed by atoms with Crippen molar-refractivity contribution in [3.05, 3.63) is 54.0 Å².